The predicted molar refractivity (Wildman–Crippen MR) is 115 cm³/mol. The summed E-state index contributed by atoms with van der Waals surface area (Å²) in [6.07, 6.45) is 4.39. The quantitative estimate of drug-likeness (QED) is 0.443. The fraction of sp³-hybridized carbons (Fsp3) is 0.130. The van der Waals surface area contributed by atoms with Crippen LogP contribution in [0.4, 0.5) is 11.5 Å². The van der Waals surface area contributed by atoms with E-state index in [1.54, 1.807) is 25.4 Å². The number of nitrogens with zero attached hydrogens (tertiary/aromatic N) is 1. The molecular formula is C23H22N4O2. The van der Waals surface area contributed by atoms with E-state index in [2.05, 4.69) is 26.7 Å². The van der Waals surface area contributed by atoms with Gasteiger partial charge in [-0.2, -0.15) is 0 Å². The van der Waals surface area contributed by atoms with Crippen molar-refractivity contribution in [3.63, 3.8) is 0 Å². The Balaban J connectivity index is 1.36. The number of aromatic amines is 1. The van der Waals surface area contributed by atoms with E-state index in [0.717, 1.165) is 23.4 Å². The number of hydrogen-bond acceptors (Lipinski definition) is 4. The summed E-state index contributed by atoms with van der Waals surface area (Å²) >= 11 is 0. The van der Waals surface area contributed by atoms with Crippen molar-refractivity contribution in [3.8, 4) is 5.75 Å². The Morgan fingerprint density at radius 2 is 1.93 bits per heavy atom. The molecule has 2 heterocycles. The minimum absolute atomic E-state index is 0.120. The number of pyridine rings is 1. The highest BCUT2D eigenvalue weighted by molar-refractivity contribution is 5.95. The molecule has 6 nitrogen and oxygen atoms in total. The molecule has 0 saturated heterocycles. The van der Waals surface area contributed by atoms with Gasteiger partial charge in [-0.05, 0) is 54.4 Å². The van der Waals surface area contributed by atoms with Crippen LogP contribution in [0, 0.1) is 0 Å². The molecule has 146 valence electrons. The van der Waals surface area contributed by atoms with Crippen molar-refractivity contribution < 1.29 is 9.53 Å². The zero-order valence-corrected chi connectivity index (χ0v) is 16.1. The van der Waals surface area contributed by atoms with Gasteiger partial charge in [-0.25, -0.2) is 4.98 Å². The van der Waals surface area contributed by atoms with Crippen LogP contribution >= 0.6 is 0 Å². The molecule has 0 atom stereocenters. The number of ether oxygens (including phenoxy) is 1. The third-order valence-corrected chi connectivity index (χ3v) is 4.74. The Kier molecular flexibility index (Phi) is 5.42. The first-order chi connectivity index (χ1) is 14.2. The fourth-order valence-electron chi connectivity index (χ4n) is 3.21. The van der Waals surface area contributed by atoms with Gasteiger partial charge < -0.3 is 20.4 Å². The van der Waals surface area contributed by atoms with Gasteiger partial charge in [0.25, 0.3) is 5.91 Å². The lowest BCUT2D eigenvalue weighted by molar-refractivity contribution is 0.0954. The number of rotatable bonds is 7. The number of carbonyl (C=O) groups excluding carboxylic acids is 1. The van der Waals surface area contributed by atoms with Gasteiger partial charge in [-0.3, -0.25) is 4.79 Å². The summed E-state index contributed by atoms with van der Waals surface area (Å²) in [6, 6.07) is 19.1. The molecule has 0 aliphatic rings. The lowest BCUT2D eigenvalue weighted by Gasteiger charge is -2.09. The van der Waals surface area contributed by atoms with Crippen molar-refractivity contribution in [1.82, 2.24) is 15.3 Å². The van der Waals surface area contributed by atoms with Gasteiger partial charge in [-0.1, -0.05) is 18.2 Å². The average molecular weight is 386 g/mol. The molecule has 0 spiro atoms. The van der Waals surface area contributed by atoms with E-state index in [-0.39, 0.29) is 5.91 Å². The van der Waals surface area contributed by atoms with Gasteiger partial charge in [0.2, 0.25) is 0 Å². The average Bonchev–Trinajstić information content (AvgIpc) is 3.18. The Morgan fingerprint density at radius 1 is 1.10 bits per heavy atom. The van der Waals surface area contributed by atoms with Gasteiger partial charge in [0.05, 0.1) is 7.11 Å². The number of aromatic nitrogens is 2. The number of carbonyl (C=O) groups is 1. The highest BCUT2D eigenvalue weighted by Gasteiger charge is 2.08. The second-order valence-electron chi connectivity index (χ2n) is 6.65. The molecule has 2 aromatic heterocycles. The highest BCUT2D eigenvalue weighted by Crippen LogP contribution is 2.20. The maximum Gasteiger partial charge on any atom is 0.251 e. The zero-order chi connectivity index (χ0) is 20.1. The van der Waals surface area contributed by atoms with Crippen LogP contribution in [0.5, 0.6) is 5.75 Å². The second kappa shape index (κ2) is 8.48. The van der Waals surface area contributed by atoms with Gasteiger partial charge >= 0.3 is 0 Å². The molecule has 29 heavy (non-hydrogen) atoms. The zero-order valence-electron chi connectivity index (χ0n) is 16.1. The van der Waals surface area contributed by atoms with Crippen molar-refractivity contribution in [2.45, 2.75) is 6.42 Å². The molecule has 4 rings (SSSR count). The van der Waals surface area contributed by atoms with Crippen molar-refractivity contribution in [2.24, 2.45) is 0 Å². The van der Waals surface area contributed by atoms with Gasteiger partial charge in [0, 0.05) is 41.1 Å². The molecule has 4 aromatic rings. The summed E-state index contributed by atoms with van der Waals surface area (Å²) in [7, 11) is 1.63. The van der Waals surface area contributed by atoms with Crippen LogP contribution in [0.2, 0.25) is 0 Å². The molecule has 0 aliphatic carbocycles. The number of amides is 1. The molecule has 0 unspecified atom stereocenters. The van der Waals surface area contributed by atoms with Crippen molar-refractivity contribution in [3.05, 3.63) is 84.2 Å². The summed E-state index contributed by atoms with van der Waals surface area (Å²) in [6.45, 7) is 0.560. The van der Waals surface area contributed by atoms with Crippen molar-refractivity contribution in [2.75, 3.05) is 19.0 Å². The summed E-state index contributed by atoms with van der Waals surface area (Å²) < 4.78 is 5.16. The number of nitrogens with one attached hydrogen (secondary N) is 3. The first-order valence-electron chi connectivity index (χ1n) is 9.43. The van der Waals surface area contributed by atoms with Crippen LogP contribution in [-0.2, 0) is 6.42 Å². The van der Waals surface area contributed by atoms with Crippen LogP contribution in [0.15, 0.2) is 73.1 Å². The Morgan fingerprint density at radius 3 is 2.76 bits per heavy atom. The lowest BCUT2D eigenvalue weighted by Crippen LogP contribution is -2.25. The Labute approximate surface area is 168 Å². The first kappa shape index (κ1) is 18.6. The Hall–Kier alpha value is -3.80. The minimum atomic E-state index is -0.120. The molecule has 0 fully saturated rings. The molecule has 0 aliphatic heterocycles. The molecule has 0 bridgehead atoms. The minimum Gasteiger partial charge on any atom is -0.497 e. The number of anilines is 2. The molecule has 0 saturated carbocycles. The molecule has 0 radical (unpaired) electrons. The number of methoxy groups -OCH3 is 1. The summed E-state index contributed by atoms with van der Waals surface area (Å²) in [5.74, 6) is 1.27. The third-order valence-electron chi connectivity index (χ3n) is 4.74. The lowest BCUT2D eigenvalue weighted by atomic mass is 10.1. The number of fused-ring (bicyclic) bond motifs is 1. The third kappa shape index (κ3) is 4.38. The van der Waals surface area contributed by atoms with E-state index < -0.39 is 0 Å². The SMILES string of the molecule is COc1ccc(Nc2cc(C(=O)NCCc3c[nH]c4ccccc34)ccn2)cc1. The van der Waals surface area contributed by atoms with Crippen LogP contribution in [0.3, 0.4) is 0 Å². The van der Waals surface area contributed by atoms with Gasteiger partial charge in [0.1, 0.15) is 11.6 Å². The normalized spacial score (nSPS) is 10.7. The van der Waals surface area contributed by atoms with Crippen LogP contribution < -0.4 is 15.4 Å². The van der Waals surface area contributed by atoms with Crippen molar-refractivity contribution in [1.29, 1.82) is 0 Å². The topological polar surface area (TPSA) is 79.0 Å². The first-order valence-corrected chi connectivity index (χ1v) is 9.43. The number of para-hydroxylation sites is 1. The standard InChI is InChI=1S/C23H22N4O2/c1-29-19-8-6-18(7-9-19)27-22-14-16(10-12-24-22)23(28)25-13-11-17-15-26-21-5-3-2-4-20(17)21/h2-10,12,14-15,26H,11,13H2,1H3,(H,24,27)(H,25,28). The van der Waals surface area contributed by atoms with E-state index in [9.17, 15) is 4.79 Å². The monoisotopic (exact) mass is 386 g/mol. The molecule has 1 amide bonds. The molecule has 2 aromatic carbocycles. The predicted octanol–water partition coefficient (Wildman–Crippen LogP) is 4.29. The summed E-state index contributed by atoms with van der Waals surface area (Å²) in [4.78, 5) is 20.1. The Bertz CT molecular complexity index is 1120. The van der Waals surface area contributed by atoms with Gasteiger partial charge in [-0.15, -0.1) is 0 Å². The number of H-pyrrole nitrogens is 1. The highest BCUT2D eigenvalue weighted by atomic mass is 16.5. The molecule has 3 N–H and O–H groups in total. The van der Waals surface area contributed by atoms with Crippen LogP contribution in [-0.4, -0.2) is 29.5 Å². The summed E-state index contributed by atoms with van der Waals surface area (Å²) in [5.41, 5.74) is 3.74. The van der Waals surface area contributed by atoms with E-state index in [0.29, 0.717) is 17.9 Å². The number of benzene rings is 2. The van der Waals surface area contributed by atoms with Crippen LogP contribution in [0.25, 0.3) is 10.9 Å². The summed E-state index contributed by atoms with van der Waals surface area (Å²) in [5, 5.41) is 7.37. The van der Waals surface area contributed by atoms with E-state index in [1.165, 1.54) is 10.9 Å². The second-order valence-corrected chi connectivity index (χ2v) is 6.65. The van der Waals surface area contributed by atoms with Gasteiger partial charge in [0.15, 0.2) is 0 Å². The molecule has 6 heteroatoms. The maximum atomic E-state index is 12.5. The maximum absolute atomic E-state index is 12.5. The van der Waals surface area contributed by atoms with Crippen molar-refractivity contribution >= 4 is 28.3 Å². The fourth-order valence-corrected chi connectivity index (χ4v) is 3.21. The van der Waals surface area contributed by atoms with E-state index >= 15 is 0 Å². The van der Waals surface area contributed by atoms with E-state index in [4.69, 9.17) is 4.74 Å². The largest absolute Gasteiger partial charge is 0.497 e. The smallest absolute Gasteiger partial charge is 0.251 e. The number of hydrogen-bond donors (Lipinski definition) is 3. The van der Waals surface area contributed by atoms with E-state index in [1.807, 2.05) is 48.7 Å². The molecular weight excluding hydrogens is 364 g/mol. The van der Waals surface area contributed by atoms with Crippen LogP contribution in [0.1, 0.15) is 15.9 Å².